The number of rotatable bonds is 5. The number of halogens is 3. The van der Waals surface area contributed by atoms with E-state index in [1.165, 1.54) is 17.0 Å². The molecule has 1 atom stereocenters. The van der Waals surface area contributed by atoms with Gasteiger partial charge in [-0.15, -0.1) is 0 Å². The van der Waals surface area contributed by atoms with Crippen LogP contribution >= 0.6 is 0 Å². The Balaban J connectivity index is 1.58. The lowest BCUT2D eigenvalue weighted by Crippen LogP contribution is -2.26. The van der Waals surface area contributed by atoms with Gasteiger partial charge >= 0.3 is 12.3 Å². The summed E-state index contributed by atoms with van der Waals surface area (Å²) in [5.41, 5.74) is 0.309. The fourth-order valence-electron chi connectivity index (χ4n) is 2.48. The van der Waals surface area contributed by atoms with Crippen LogP contribution in [0, 0.1) is 0 Å². The summed E-state index contributed by atoms with van der Waals surface area (Å²) in [6.45, 7) is 0.250. The van der Waals surface area contributed by atoms with E-state index in [1.54, 1.807) is 24.3 Å². The number of benzene rings is 2. The fourth-order valence-corrected chi connectivity index (χ4v) is 2.48. The van der Waals surface area contributed by atoms with Gasteiger partial charge in [-0.1, -0.05) is 0 Å². The van der Waals surface area contributed by atoms with Crippen molar-refractivity contribution >= 4 is 18.1 Å². The molecule has 1 fully saturated rings. The molecule has 3 rings (SSSR count). The van der Waals surface area contributed by atoms with E-state index in [4.69, 9.17) is 9.47 Å². The molecule has 0 N–H and O–H groups in total. The van der Waals surface area contributed by atoms with Crippen molar-refractivity contribution in [2.75, 3.05) is 18.1 Å². The van der Waals surface area contributed by atoms with E-state index in [0.717, 1.165) is 12.1 Å². The molecule has 2 aromatic carbocycles. The Kier molecular flexibility index (Phi) is 4.83. The summed E-state index contributed by atoms with van der Waals surface area (Å²) >= 11 is 0. The predicted molar refractivity (Wildman–Crippen MR) is 86.4 cm³/mol. The van der Waals surface area contributed by atoms with E-state index in [-0.39, 0.29) is 18.9 Å². The molecule has 1 heterocycles. The van der Waals surface area contributed by atoms with Crippen molar-refractivity contribution in [3.8, 4) is 5.75 Å². The first kappa shape index (κ1) is 17.8. The summed E-state index contributed by atoms with van der Waals surface area (Å²) in [7, 11) is 0. The highest BCUT2D eigenvalue weighted by molar-refractivity contribution is 5.90. The highest BCUT2D eigenvalue weighted by atomic mass is 19.4. The van der Waals surface area contributed by atoms with Gasteiger partial charge in [0.25, 0.3) is 0 Å². The summed E-state index contributed by atoms with van der Waals surface area (Å²) in [6, 6.07) is 10.7. The first-order valence-electron chi connectivity index (χ1n) is 7.70. The minimum Gasteiger partial charge on any atom is -0.490 e. The number of carbonyl (C=O) groups excluding carboxylic acids is 2. The minimum absolute atomic E-state index is 0.0139. The molecule has 2 aromatic rings. The Labute approximate surface area is 146 Å². The molecule has 0 aliphatic carbocycles. The predicted octanol–water partition coefficient (Wildman–Crippen LogP) is 3.92. The highest BCUT2D eigenvalue weighted by Gasteiger charge is 2.33. The number of aldehydes is 1. The molecule has 0 spiro atoms. The van der Waals surface area contributed by atoms with Gasteiger partial charge in [0, 0.05) is 11.3 Å². The summed E-state index contributed by atoms with van der Waals surface area (Å²) < 4.78 is 48.2. The third-order valence-electron chi connectivity index (χ3n) is 3.83. The standard InChI is InChI=1S/C18H14F3NO4/c19-18(20,21)13-3-7-15(8-4-13)25-11-16-9-22(17(24)26-16)14-5-1-12(10-23)2-6-14/h1-8,10,16H,9,11H2. The zero-order chi connectivity index (χ0) is 18.7. The number of hydrogen-bond acceptors (Lipinski definition) is 4. The van der Waals surface area contributed by atoms with E-state index in [2.05, 4.69) is 0 Å². The van der Waals surface area contributed by atoms with Gasteiger partial charge in [0.05, 0.1) is 12.1 Å². The number of ether oxygens (including phenoxy) is 2. The Bertz CT molecular complexity index is 788. The molecule has 136 valence electrons. The molecule has 0 aromatic heterocycles. The Hall–Kier alpha value is -3.03. The van der Waals surface area contributed by atoms with E-state index < -0.39 is 23.9 Å². The molecule has 5 nitrogen and oxygen atoms in total. The van der Waals surface area contributed by atoms with Gasteiger partial charge in [0.15, 0.2) is 6.10 Å². The molecular weight excluding hydrogens is 351 g/mol. The maximum atomic E-state index is 12.5. The number of nitrogens with zero attached hydrogens (tertiary/aromatic N) is 1. The molecule has 8 heteroatoms. The second-order valence-corrected chi connectivity index (χ2v) is 5.66. The molecule has 0 radical (unpaired) electrons. The van der Waals surface area contributed by atoms with Crippen LogP contribution in [0.4, 0.5) is 23.7 Å². The van der Waals surface area contributed by atoms with Gasteiger partial charge in [-0.05, 0) is 48.5 Å². The average Bonchev–Trinajstić information content (AvgIpc) is 3.00. The summed E-state index contributed by atoms with van der Waals surface area (Å²) in [5, 5.41) is 0. The molecule has 0 saturated carbocycles. The Morgan fingerprint density at radius 3 is 2.35 bits per heavy atom. The van der Waals surface area contributed by atoms with Gasteiger partial charge in [0.1, 0.15) is 18.6 Å². The van der Waals surface area contributed by atoms with Crippen molar-refractivity contribution in [1.29, 1.82) is 0 Å². The molecule has 1 unspecified atom stereocenters. The van der Waals surface area contributed by atoms with Gasteiger partial charge < -0.3 is 9.47 Å². The third kappa shape index (κ3) is 3.96. The van der Waals surface area contributed by atoms with Crippen LogP contribution in [0.5, 0.6) is 5.75 Å². The van der Waals surface area contributed by atoms with Gasteiger partial charge in [-0.3, -0.25) is 9.69 Å². The quantitative estimate of drug-likeness (QED) is 0.754. The maximum Gasteiger partial charge on any atom is 0.416 e. The molecule has 1 saturated heterocycles. The van der Waals surface area contributed by atoms with Crippen LogP contribution in [-0.2, 0) is 10.9 Å². The topological polar surface area (TPSA) is 55.8 Å². The second-order valence-electron chi connectivity index (χ2n) is 5.66. The van der Waals surface area contributed by atoms with Crippen LogP contribution in [0.1, 0.15) is 15.9 Å². The zero-order valence-electron chi connectivity index (χ0n) is 13.4. The smallest absolute Gasteiger partial charge is 0.416 e. The normalized spacial score (nSPS) is 17.1. The van der Waals surface area contributed by atoms with Crippen molar-refractivity contribution in [3.05, 3.63) is 59.7 Å². The van der Waals surface area contributed by atoms with E-state index in [9.17, 15) is 22.8 Å². The zero-order valence-corrected chi connectivity index (χ0v) is 13.4. The molecule has 1 amide bonds. The Morgan fingerprint density at radius 1 is 1.12 bits per heavy atom. The lowest BCUT2D eigenvalue weighted by Gasteiger charge is -2.13. The van der Waals surface area contributed by atoms with Gasteiger partial charge in [0.2, 0.25) is 0 Å². The number of alkyl halides is 3. The van der Waals surface area contributed by atoms with E-state index in [0.29, 0.717) is 17.5 Å². The van der Waals surface area contributed by atoms with Crippen LogP contribution in [0.15, 0.2) is 48.5 Å². The molecule has 1 aliphatic rings. The van der Waals surface area contributed by atoms with Crippen LogP contribution < -0.4 is 9.64 Å². The Morgan fingerprint density at radius 2 is 1.77 bits per heavy atom. The average molecular weight is 365 g/mol. The number of cyclic esters (lactones) is 1. The SMILES string of the molecule is O=Cc1ccc(N2CC(COc3ccc(C(F)(F)F)cc3)OC2=O)cc1. The van der Waals surface area contributed by atoms with Gasteiger partial charge in [-0.25, -0.2) is 4.79 Å². The summed E-state index contributed by atoms with van der Waals surface area (Å²) in [4.78, 5) is 24.0. The van der Waals surface area contributed by atoms with Crippen LogP contribution in [0.25, 0.3) is 0 Å². The van der Waals surface area contributed by atoms with Crippen molar-refractivity contribution < 1.29 is 32.2 Å². The van der Waals surface area contributed by atoms with Gasteiger partial charge in [-0.2, -0.15) is 13.2 Å². The number of hydrogen-bond donors (Lipinski definition) is 0. The molecule has 1 aliphatic heterocycles. The van der Waals surface area contributed by atoms with Crippen molar-refractivity contribution in [2.24, 2.45) is 0 Å². The van der Waals surface area contributed by atoms with Crippen LogP contribution in [0.2, 0.25) is 0 Å². The van der Waals surface area contributed by atoms with E-state index >= 15 is 0 Å². The first-order chi connectivity index (χ1) is 12.4. The highest BCUT2D eigenvalue weighted by Crippen LogP contribution is 2.30. The van der Waals surface area contributed by atoms with Crippen molar-refractivity contribution in [1.82, 2.24) is 0 Å². The number of amides is 1. The van der Waals surface area contributed by atoms with Crippen molar-refractivity contribution in [2.45, 2.75) is 12.3 Å². The minimum atomic E-state index is -4.40. The number of anilines is 1. The molecule has 0 bridgehead atoms. The van der Waals surface area contributed by atoms with Crippen molar-refractivity contribution in [3.63, 3.8) is 0 Å². The second kappa shape index (κ2) is 7.07. The lowest BCUT2D eigenvalue weighted by molar-refractivity contribution is -0.137. The first-order valence-corrected chi connectivity index (χ1v) is 7.70. The van der Waals surface area contributed by atoms with Crippen LogP contribution in [0.3, 0.4) is 0 Å². The van der Waals surface area contributed by atoms with Crippen LogP contribution in [-0.4, -0.2) is 31.6 Å². The molecular formula is C18H14F3NO4. The maximum absolute atomic E-state index is 12.5. The molecule has 26 heavy (non-hydrogen) atoms. The fraction of sp³-hybridized carbons (Fsp3) is 0.222. The third-order valence-corrected chi connectivity index (χ3v) is 3.83. The van der Waals surface area contributed by atoms with E-state index in [1.807, 2.05) is 0 Å². The summed E-state index contributed by atoms with van der Waals surface area (Å²) in [6.07, 6.45) is -4.81. The summed E-state index contributed by atoms with van der Waals surface area (Å²) in [5.74, 6) is 0.253. The largest absolute Gasteiger partial charge is 0.490 e. The lowest BCUT2D eigenvalue weighted by atomic mass is 10.2. The number of carbonyl (C=O) groups is 2. The monoisotopic (exact) mass is 365 g/mol.